The van der Waals surface area contributed by atoms with Crippen molar-refractivity contribution in [2.24, 2.45) is 5.41 Å². The lowest BCUT2D eigenvalue weighted by Gasteiger charge is -2.44. The zero-order valence-corrected chi connectivity index (χ0v) is 32.2. The van der Waals surface area contributed by atoms with E-state index in [1.165, 1.54) is 75.9 Å². The van der Waals surface area contributed by atoms with E-state index in [1.807, 2.05) is 7.05 Å². The summed E-state index contributed by atoms with van der Waals surface area (Å²) in [6, 6.07) is 8.04. The van der Waals surface area contributed by atoms with Crippen LogP contribution in [0.4, 0.5) is 5.69 Å². The Morgan fingerprint density at radius 3 is 2.39 bits per heavy atom. The van der Waals surface area contributed by atoms with E-state index in [2.05, 4.69) is 96.5 Å². The molecule has 0 saturated heterocycles. The fourth-order valence-electron chi connectivity index (χ4n) is 10.5. The van der Waals surface area contributed by atoms with Crippen LogP contribution in [0.2, 0.25) is 0 Å². The van der Waals surface area contributed by atoms with Crippen LogP contribution in [0.15, 0.2) is 43.1 Å². The number of nitrogens with one attached hydrogen (secondary N) is 1. The molecule has 0 aromatic heterocycles. The second kappa shape index (κ2) is 12.4. The van der Waals surface area contributed by atoms with Crippen LogP contribution in [-0.4, -0.2) is 20.1 Å². The highest BCUT2D eigenvalue weighted by molar-refractivity contribution is 5.87. The van der Waals surface area contributed by atoms with E-state index in [0.717, 1.165) is 57.3 Å². The van der Waals surface area contributed by atoms with Gasteiger partial charge in [0.2, 0.25) is 0 Å². The average molecular weight is 653 g/mol. The molecule has 0 radical (unpaired) electrons. The lowest BCUT2D eigenvalue weighted by atomic mass is 9.59. The Morgan fingerprint density at radius 1 is 0.898 bits per heavy atom. The van der Waals surface area contributed by atoms with Crippen LogP contribution in [-0.2, 0) is 31.1 Å². The fraction of sp³-hybridized carbons (Fsp3) is 0.489. The molecule has 1 spiro atoms. The zero-order chi connectivity index (χ0) is 35.0. The number of anilines is 1. The molecule has 0 fully saturated rings. The SMILES string of the molecule is C=C(CCCN1CCCc2cc3c(cc21)Cc1c(cc2c(c1CCCC)CC(C)(C)C=C2C)C31CC(=C)c2c(C)c(C)c(C)c(C)c21)NC. The van der Waals surface area contributed by atoms with Crippen molar-refractivity contribution in [1.82, 2.24) is 5.32 Å². The van der Waals surface area contributed by atoms with Gasteiger partial charge in [0, 0.05) is 31.5 Å². The number of nitrogens with zero attached hydrogens (tertiary/aromatic N) is 1. The van der Waals surface area contributed by atoms with Gasteiger partial charge in [0.15, 0.2) is 0 Å². The first-order valence-electron chi connectivity index (χ1n) is 19.3. The van der Waals surface area contributed by atoms with Gasteiger partial charge in [0.1, 0.15) is 0 Å². The Hall–Kier alpha value is -3.52. The third-order valence-electron chi connectivity index (χ3n) is 13.1. The summed E-state index contributed by atoms with van der Waals surface area (Å²) < 4.78 is 0. The minimum absolute atomic E-state index is 0.172. The van der Waals surface area contributed by atoms with E-state index < -0.39 is 0 Å². The van der Waals surface area contributed by atoms with Crippen LogP contribution in [0.25, 0.3) is 11.1 Å². The summed E-state index contributed by atoms with van der Waals surface area (Å²) >= 11 is 0. The van der Waals surface area contributed by atoms with Gasteiger partial charge in [0.25, 0.3) is 0 Å². The number of unbranched alkanes of at least 4 members (excludes halogenated alkanes) is 1. The van der Waals surface area contributed by atoms with Crippen molar-refractivity contribution in [1.29, 1.82) is 0 Å². The highest BCUT2D eigenvalue weighted by Gasteiger charge is 2.51. The molecule has 0 bridgehead atoms. The van der Waals surface area contributed by atoms with Crippen LogP contribution in [0.3, 0.4) is 0 Å². The van der Waals surface area contributed by atoms with Gasteiger partial charge >= 0.3 is 0 Å². The van der Waals surface area contributed by atoms with Crippen molar-refractivity contribution in [3.05, 3.63) is 121 Å². The molecule has 1 aliphatic heterocycles. The van der Waals surface area contributed by atoms with Crippen molar-refractivity contribution in [3.8, 4) is 0 Å². The Labute approximate surface area is 297 Å². The Balaban J connectivity index is 1.53. The van der Waals surface area contributed by atoms with E-state index >= 15 is 0 Å². The molecule has 7 rings (SSSR count). The third-order valence-corrected chi connectivity index (χ3v) is 13.1. The predicted molar refractivity (Wildman–Crippen MR) is 212 cm³/mol. The third kappa shape index (κ3) is 5.26. The number of benzene rings is 3. The van der Waals surface area contributed by atoms with E-state index in [4.69, 9.17) is 6.58 Å². The smallest absolute Gasteiger partial charge is 0.0506 e. The first-order valence-corrected chi connectivity index (χ1v) is 19.3. The number of hydrogen-bond acceptors (Lipinski definition) is 2. The molecule has 1 unspecified atom stereocenters. The van der Waals surface area contributed by atoms with Gasteiger partial charge in [-0.1, -0.05) is 52.5 Å². The maximum atomic E-state index is 4.88. The summed E-state index contributed by atoms with van der Waals surface area (Å²) in [5.41, 5.74) is 26.8. The number of aryl methyl sites for hydroxylation is 1. The quantitative estimate of drug-likeness (QED) is 0.260. The molecule has 0 saturated carbocycles. The lowest BCUT2D eigenvalue weighted by Crippen LogP contribution is -2.37. The van der Waals surface area contributed by atoms with Crippen molar-refractivity contribution in [2.75, 3.05) is 25.0 Å². The van der Waals surface area contributed by atoms with Crippen molar-refractivity contribution >= 4 is 16.8 Å². The molecule has 49 heavy (non-hydrogen) atoms. The largest absolute Gasteiger partial charge is 0.392 e. The number of fused-ring (bicyclic) bond motifs is 8. The van der Waals surface area contributed by atoms with Crippen LogP contribution >= 0.6 is 0 Å². The summed E-state index contributed by atoms with van der Waals surface area (Å²) in [6.45, 7) is 30.4. The molecule has 258 valence electrons. The first-order chi connectivity index (χ1) is 23.3. The van der Waals surface area contributed by atoms with Crippen LogP contribution in [0.1, 0.15) is 144 Å². The Kier molecular flexibility index (Phi) is 8.56. The van der Waals surface area contributed by atoms with Crippen LogP contribution in [0.5, 0.6) is 0 Å². The molecule has 2 nitrogen and oxygen atoms in total. The summed E-state index contributed by atoms with van der Waals surface area (Å²) in [4.78, 5) is 2.69. The van der Waals surface area contributed by atoms with Gasteiger partial charge in [-0.15, -0.1) is 0 Å². The molecule has 1 atom stereocenters. The molecule has 1 N–H and O–H groups in total. The molecule has 4 aliphatic rings. The average Bonchev–Trinajstić information content (AvgIpc) is 3.37. The maximum absolute atomic E-state index is 4.88. The Morgan fingerprint density at radius 2 is 1.65 bits per heavy atom. The number of hydrogen-bond donors (Lipinski definition) is 1. The predicted octanol–water partition coefficient (Wildman–Crippen LogP) is 11.2. The molecule has 3 aliphatic carbocycles. The van der Waals surface area contributed by atoms with Gasteiger partial charge in [-0.2, -0.15) is 0 Å². The monoisotopic (exact) mass is 652 g/mol. The van der Waals surface area contributed by atoms with Crippen molar-refractivity contribution in [2.45, 2.75) is 125 Å². The van der Waals surface area contributed by atoms with E-state index in [9.17, 15) is 0 Å². The van der Waals surface area contributed by atoms with Gasteiger partial charge in [-0.25, -0.2) is 0 Å². The van der Waals surface area contributed by atoms with Crippen molar-refractivity contribution < 1.29 is 0 Å². The molecular weight excluding hydrogens is 593 g/mol. The second-order valence-electron chi connectivity index (χ2n) is 16.8. The maximum Gasteiger partial charge on any atom is 0.0506 e. The second-order valence-corrected chi connectivity index (χ2v) is 16.8. The molecule has 3 aromatic carbocycles. The van der Waals surface area contributed by atoms with E-state index in [1.54, 1.807) is 44.5 Å². The van der Waals surface area contributed by atoms with Gasteiger partial charge < -0.3 is 10.2 Å². The number of rotatable bonds is 8. The molecule has 0 amide bonds. The lowest BCUT2D eigenvalue weighted by molar-refractivity contribution is 0.468. The highest BCUT2D eigenvalue weighted by Crippen LogP contribution is 2.61. The van der Waals surface area contributed by atoms with Gasteiger partial charge in [0.05, 0.1) is 5.41 Å². The number of allylic oxidation sites excluding steroid dienone is 4. The Bertz CT molecular complexity index is 1930. The van der Waals surface area contributed by atoms with Crippen LogP contribution in [0, 0.1) is 33.1 Å². The molecular formula is C47H60N2. The fourth-order valence-corrected chi connectivity index (χ4v) is 10.5. The highest BCUT2D eigenvalue weighted by atomic mass is 15.1. The summed E-state index contributed by atoms with van der Waals surface area (Å²) in [6.07, 6.45) is 13.8. The topological polar surface area (TPSA) is 15.3 Å². The van der Waals surface area contributed by atoms with E-state index in [-0.39, 0.29) is 10.8 Å². The van der Waals surface area contributed by atoms with Gasteiger partial charge in [-0.3, -0.25) is 0 Å². The minimum Gasteiger partial charge on any atom is -0.392 e. The zero-order valence-electron chi connectivity index (χ0n) is 32.2. The standard InChI is InChI=1S/C47H60N2/c1-12-13-18-37-39-21-36-23-43-35(17-15-20-49(43)19-14-16-30(4)48-11)22-41(36)47(42(39)24-38-28(2)25-46(9,10)27-40(37)38)26-29(3)44-33(7)31(5)32(6)34(8)45(44)47/h22-25,48H,3-4,12-21,26-27H2,1-2,5-11H3. The van der Waals surface area contributed by atoms with Crippen molar-refractivity contribution in [3.63, 3.8) is 0 Å². The summed E-state index contributed by atoms with van der Waals surface area (Å²) in [7, 11) is 1.99. The summed E-state index contributed by atoms with van der Waals surface area (Å²) in [5.74, 6) is 0. The first kappa shape index (κ1) is 34.0. The molecule has 2 heteroatoms. The molecule has 1 heterocycles. The van der Waals surface area contributed by atoms with Gasteiger partial charge in [-0.05, 0) is 199 Å². The minimum atomic E-state index is -0.215. The van der Waals surface area contributed by atoms with Crippen LogP contribution < -0.4 is 10.2 Å². The molecule has 3 aromatic rings. The summed E-state index contributed by atoms with van der Waals surface area (Å²) in [5, 5.41) is 3.25. The normalized spacial score (nSPS) is 20.0. The van der Waals surface area contributed by atoms with E-state index in [0.29, 0.717) is 0 Å².